The van der Waals surface area contributed by atoms with E-state index in [1.807, 2.05) is 13.8 Å². The van der Waals surface area contributed by atoms with Crippen LogP contribution in [0.15, 0.2) is 48.5 Å². The number of carboxylic acids is 1. The average Bonchev–Trinajstić information content (AvgIpc) is 3.60. The molecule has 0 saturated carbocycles. The first-order chi connectivity index (χ1) is 20.7. The van der Waals surface area contributed by atoms with Gasteiger partial charge in [0, 0.05) is 37.4 Å². The van der Waals surface area contributed by atoms with Crippen LogP contribution in [0.2, 0.25) is 0 Å². The van der Waals surface area contributed by atoms with E-state index in [9.17, 15) is 19.1 Å². The van der Waals surface area contributed by atoms with Gasteiger partial charge in [0.25, 0.3) is 0 Å². The van der Waals surface area contributed by atoms with Gasteiger partial charge in [0.2, 0.25) is 12.7 Å². The molecule has 2 aliphatic rings. The third kappa shape index (κ3) is 6.28. The number of carbonyl (C=O) groups excluding carboxylic acids is 1. The summed E-state index contributed by atoms with van der Waals surface area (Å²) in [5.41, 5.74) is 2.68. The van der Waals surface area contributed by atoms with E-state index in [0.29, 0.717) is 46.7 Å². The first kappa shape index (κ1) is 30.2. The van der Waals surface area contributed by atoms with E-state index in [2.05, 4.69) is 5.32 Å². The Kier molecular flexibility index (Phi) is 9.12. The first-order valence-electron chi connectivity index (χ1n) is 14.1. The molecule has 43 heavy (non-hydrogen) atoms. The maximum atomic E-state index is 15.4. The van der Waals surface area contributed by atoms with Crippen LogP contribution in [-0.4, -0.2) is 55.7 Å². The van der Waals surface area contributed by atoms with Crippen LogP contribution in [0, 0.1) is 17.6 Å². The molecule has 228 valence electrons. The highest BCUT2D eigenvalue weighted by molar-refractivity contribution is 5.94. The van der Waals surface area contributed by atoms with E-state index < -0.39 is 35.6 Å². The van der Waals surface area contributed by atoms with Gasteiger partial charge in [-0.15, -0.1) is 0 Å². The van der Waals surface area contributed by atoms with Crippen molar-refractivity contribution >= 4 is 17.6 Å². The van der Waals surface area contributed by atoms with Gasteiger partial charge in [-0.1, -0.05) is 26.0 Å². The van der Waals surface area contributed by atoms with Crippen molar-refractivity contribution in [2.75, 3.05) is 39.1 Å². The van der Waals surface area contributed by atoms with Crippen molar-refractivity contribution in [1.82, 2.24) is 4.90 Å². The van der Waals surface area contributed by atoms with E-state index in [4.69, 9.17) is 18.9 Å². The summed E-state index contributed by atoms with van der Waals surface area (Å²) >= 11 is 0. The number of hydrogen-bond donors (Lipinski definition) is 2. The van der Waals surface area contributed by atoms with Crippen molar-refractivity contribution < 1.29 is 42.4 Å². The Hall–Kier alpha value is -4.22. The molecule has 1 fully saturated rings. The predicted molar refractivity (Wildman–Crippen MR) is 153 cm³/mol. The smallest absolute Gasteiger partial charge is 0.309 e. The summed E-state index contributed by atoms with van der Waals surface area (Å²) in [7, 11) is 1.50. The molecule has 0 aromatic heterocycles. The van der Waals surface area contributed by atoms with Crippen molar-refractivity contribution in [3.05, 3.63) is 82.4 Å². The Morgan fingerprint density at radius 1 is 1.02 bits per heavy atom. The summed E-state index contributed by atoms with van der Waals surface area (Å²) in [5, 5.41) is 13.4. The third-order valence-corrected chi connectivity index (χ3v) is 7.98. The van der Waals surface area contributed by atoms with Gasteiger partial charge in [0.05, 0.1) is 12.5 Å². The third-order valence-electron chi connectivity index (χ3n) is 7.98. The summed E-state index contributed by atoms with van der Waals surface area (Å²) in [6.45, 7) is 3.65. The summed E-state index contributed by atoms with van der Waals surface area (Å²) in [4.78, 5) is 28.1. The van der Waals surface area contributed by atoms with Crippen molar-refractivity contribution in [2.24, 2.45) is 5.92 Å². The summed E-state index contributed by atoms with van der Waals surface area (Å²) in [5.74, 6) is -3.30. The van der Waals surface area contributed by atoms with Gasteiger partial charge in [-0.3, -0.25) is 14.5 Å². The summed E-state index contributed by atoms with van der Waals surface area (Å²) < 4.78 is 50.8. The van der Waals surface area contributed by atoms with Crippen LogP contribution >= 0.6 is 0 Å². The van der Waals surface area contributed by atoms with Gasteiger partial charge in [0.15, 0.2) is 18.3 Å². The van der Waals surface area contributed by atoms with Crippen LogP contribution in [-0.2, 0) is 27.2 Å². The number of nitrogens with zero attached hydrogens (tertiary/aromatic N) is 1. The number of halogens is 2. The molecule has 2 aliphatic heterocycles. The second kappa shape index (κ2) is 13.0. The molecule has 3 aromatic carbocycles. The number of likely N-dealkylation sites (tertiary alicyclic amines) is 1. The van der Waals surface area contributed by atoms with Gasteiger partial charge in [-0.2, -0.15) is 0 Å². The topological polar surface area (TPSA) is 107 Å². The Balaban J connectivity index is 1.50. The number of benzene rings is 3. The number of carbonyl (C=O) groups is 2. The normalized spacial score (nSPS) is 19.4. The molecule has 9 nitrogen and oxygen atoms in total. The summed E-state index contributed by atoms with van der Waals surface area (Å²) in [6, 6.07) is 11.6. The van der Waals surface area contributed by atoms with Crippen molar-refractivity contribution in [3.63, 3.8) is 0 Å². The van der Waals surface area contributed by atoms with Crippen molar-refractivity contribution in [2.45, 2.75) is 38.6 Å². The molecular weight excluding hydrogens is 562 g/mol. The molecule has 2 heterocycles. The Bertz CT molecular complexity index is 1470. The number of methoxy groups -OCH3 is 1. The number of ether oxygens (including phenoxy) is 4. The number of amides is 1. The Morgan fingerprint density at radius 2 is 1.67 bits per heavy atom. The van der Waals surface area contributed by atoms with Crippen LogP contribution in [0.25, 0.3) is 0 Å². The molecule has 1 amide bonds. The monoisotopic (exact) mass is 596 g/mol. The van der Waals surface area contributed by atoms with E-state index in [0.717, 1.165) is 0 Å². The van der Waals surface area contributed by atoms with Gasteiger partial charge in [-0.05, 0) is 65.4 Å². The van der Waals surface area contributed by atoms with Gasteiger partial charge in [-0.25, -0.2) is 8.78 Å². The zero-order valence-corrected chi connectivity index (χ0v) is 24.2. The number of rotatable bonds is 11. The lowest BCUT2D eigenvalue weighted by molar-refractivity contribution is -0.143. The molecule has 0 aliphatic carbocycles. The molecule has 1 unspecified atom stereocenters. The molecule has 0 spiro atoms. The maximum absolute atomic E-state index is 15.4. The van der Waals surface area contributed by atoms with E-state index in [1.165, 1.54) is 31.4 Å². The molecule has 0 radical (unpaired) electrons. The zero-order valence-electron chi connectivity index (χ0n) is 24.2. The zero-order chi connectivity index (χ0) is 30.7. The number of aryl methyl sites for hydroxylation is 2. The lowest BCUT2D eigenvalue weighted by Gasteiger charge is -2.27. The fourth-order valence-corrected chi connectivity index (χ4v) is 6.02. The van der Waals surface area contributed by atoms with Gasteiger partial charge < -0.3 is 29.4 Å². The fraction of sp³-hybridized carbons (Fsp3) is 0.375. The number of aliphatic carboxylic acids is 1. The Morgan fingerprint density at radius 3 is 2.28 bits per heavy atom. The van der Waals surface area contributed by atoms with Crippen LogP contribution < -0.4 is 19.5 Å². The van der Waals surface area contributed by atoms with E-state index >= 15 is 4.39 Å². The van der Waals surface area contributed by atoms with Crippen LogP contribution in [0.5, 0.6) is 17.2 Å². The highest BCUT2D eigenvalue weighted by Crippen LogP contribution is 2.48. The number of hydrogen-bond acceptors (Lipinski definition) is 7. The summed E-state index contributed by atoms with van der Waals surface area (Å²) in [6.07, 6.45) is 1.02. The molecule has 1 saturated heterocycles. The largest absolute Gasteiger partial charge is 0.481 e. The highest BCUT2D eigenvalue weighted by atomic mass is 19.1. The minimum Gasteiger partial charge on any atom is -0.481 e. The highest BCUT2D eigenvalue weighted by Gasteiger charge is 2.49. The number of anilines is 1. The SMILES string of the molecule is CCc1cc(F)cc(CC)c1NC(=O)CN1C[C@H](c2cc3c(cc2F)OCO3)C(C(=O)O)[C@@H]1c1ccc(OCOC)cc1. The molecule has 0 bridgehead atoms. The number of carboxylic acid groups (broad SMARTS) is 1. The second-order valence-electron chi connectivity index (χ2n) is 10.5. The molecule has 11 heteroatoms. The lowest BCUT2D eigenvalue weighted by Crippen LogP contribution is -2.35. The Labute approximate surface area is 248 Å². The second-order valence-corrected chi connectivity index (χ2v) is 10.5. The average molecular weight is 597 g/mol. The lowest BCUT2D eigenvalue weighted by atomic mass is 9.82. The first-order valence-corrected chi connectivity index (χ1v) is 14.1. The standard InChI is InChI=1S/C32H34F2N2O7/c1-4-18-10-21(33)11-19(5-2)30(18)35-28(37)15-36-14-24(23-12-26-27(13-25(23)34)43-17-42-26)29(32(38)39)31(36)20-6-8-22(9-7-20)41-16-40-3/h6-13,24,29,31H,4-5,14-17H2,1-3H3,(H,35,37)(H,38,39)/t24-,29?,31+/m1/s1. The number of nitrogens with one attached hydrogen (secondary N) is 1. The molecule has 5 rings (SSSR count). The molecule has 3 atom stereocenters. The van der Waals surface area contributed by atoms with Crippen LogP contribution in [0.1, 0.15) is 48.1 Å². The molecular formula is C32H34F2N2O7. The van der Waals surface area contributed by atoms with Gasteiger partial charge in [0.1, 0.15) is 17.4 Å². The molecule has 2 N–H and O–H groups in total. The minimum atomic E-state index is -1.13. The van der Waals surface area contributed by atoms with E-state index in [1.54, 1.807) is 29.2 Å². The van der Waals surface area contributed by atoms with Crippen molar-refractivity contribution in [3.8, 4) is 17.2 Å². The fourth-order valence-electron chi connectivity index (χ4n) is 6.02. The molecule has 3 aromatic rings. The van der Waals surface area contributed by atoms with E-state index in [-0.39, 0.29) is 43.8 Å². The van der Waals surface area contributed by atoms with Crippen LogP contribution in [0.3, 0.4) is 0 Å². The number of fused-ring (bicyclic) bond motifs is 1. The predicted octanol–water partition coefficient (Wildman–Crippen LogP) is 5.28. The van der Waals surface area contributed by atoms with Crippen LogP contribution in [0.4, 0.5) is 14.5 Å². The minimum absolute atomic E-state index is 0.0428. The quantitative estimate of drug-likeness (QED) is 0.288. The van der Waals surface area contributed by atoms with Gasteiger partial charge >= 0.3 is 5.97 Å². The maximum Gasteiger partial charge on any atom is 0.309 e. The van der Waals surface area contributed by atoms with Crippen molar-refractivity contribution in [1.29, 1.82) is 0 Å².